The lowest BCUT2D eigenvalue weighted by atomic mass is 10.3. The van der Waals surface area contributed by atoms with Crippen molar-refractivity contribution in [3.05, 3.63) is 41.8 Å². The Balaban J connectivity index is 1.78. The standard InChI is InChI=1S/C13H14N4O2/c1-8(18)6-13-16-12(17-19-13)7-11-14-9-4-2-3-5-10(9)15-11/h2-5,8,18H,6-7H2,1H3,(H,14,15). The normalized spacial score (nSPS) is 12.9. The molecule has 2 N–H and O–H groups in total. The van der Waals surface area contributed by atoms with E-state index in [0.29, 0.717) is 24.6 Å². The third-order valence-corrected chi connectivity index (χ3v) is 2.74. The molecule has 0 aliphatic rings. The summed E-state index contributed by atoms with van der Waals surface area (Å²) in [6.45, 7) is 1.68. The number of H-pyrrole nitrogens is 1. The van der Waals surface area contributed by atoms with Gasteiger partial charge in [-0.05, 0) is 19.1 Å². The molecule has 0 saturated carbocycles. The van der Waals surface area contributed by atoms with Gasteiger partial charge in [0.15, 0.2) is 5.82 Å². The number of aromatic nitrogens is 4. The molecule has 19 heavy (non-hydrogen) atoms. The number of imidazole rings is 1. The molecule has 0 radical (unpaired) electrons. The first kappa shape index (κ1) is 11.9. The number of para-hydroxylation sites is 2. The number of nitrogens with one attached hydrogen (secondary N) is 1. The van der Waals surface area contributed by atoms with E-state index in [1.807, 2.05) is 24.3 Å². The van der Waals surface area contributed by atoms with Gasteiger partial charge in [-0.2, -0.15) is 4.98 Å². The number of hydrogen-bond acceptors (Lipinski definition) is 5. The Morgan fingerprint density at radius 3 is 2.95 bits per heavy atom. The highest BCUT2D eigenvalue weighted by molar-refractivity contribution is 5.74. The van der Waals surface area contributed by atoms with E-state index >= 15 is 0 Å². The van der Waals surface area contributed by atoms with Crippen molar-refractivity contribution in [2.75, 3.05) is 0 Å². The second kappa shape index (κ2) is 4.81. The lowest BCUT2D eigenvalue weighted by molar-refractivity contribution is 0.181. The van der Waals surface area contributed by atoms with Crippen LogP contribution in [-0.2, 0) is 12.8 Å². The number of aromatic amines is 1. The van der Waals surface area contributed by atoms with Crippen molar-refractivity contribution in [3.63, 3.8) is 0 Å². The van der Waals surface area contributed by atoms with Crippen molar-refractivity contribution in [3.8, 4) is 0 Å². The average Bonchev–Trinajstić information content (AvgIpc) is 2.94. The molecule has 2 aromatic heterocycles. The lowest BCUT2D eigenvalue weighted by Crippen LogP contribution is -2.04. The molecular formula is C13H14N4O2. The highest BCUT2D eigenvalue weighted by atomic mass is 16.5. The third-order valence-electron chi connectivity index (χ3n) is 2.74. The van der Waals surface area contributed by atoms with Gasteiger partial charge in [-0.15, -0.1) is 0 Å². The molecule has 1 atom stereocenters. The average molecular weight is 258 g/mol. The first-order valence-electron chi connectivity index (χ1n) is 6.14. The predicted octanol–water partition coefficient (Wildman–Crippen LogP) is 1.46. The molecule has 0 aliphatic carbocycles. The van der Waals surface area contributed by atoms with Crippen molar-refractivity contribution in [2.24, 2.45) is 0 Å². The van der Waals surface area contributed by atoms with Gasteiger partial charge in [-0.25, -0.2) is 4.98 Å². The first-order chi connectivity index (χ1) is 9.20. The maximum Gasteiger partial charge on any atom is 0.229 e. The van der Waals surface area contributed by atoms with Gasteiger partial charge in [0, 0.05) is 0 Å². The summed E-state index contributed by atoms with van der Waals surface area (Å²) in [5.74, 6) is 1.81. The number of fused-ring (bicyclic) bond motifs is 1. The first-order valence-corrected chi connectivity index (χ1v) is 6.14. The molecule has 0 aliphatic heterocycles. The summed E-state index contributed by atoms with van der Waals surface area (Å²) in [6.07, 6.45) is 0.366. The van der Waals surface area contributed by atoms with Crippen LogP contribution in [0.4, 0.5) is 0 Å². The third kappa shape index (κ3) is 2.63. The molecule has 0 spiro atoms. The molecule has 98 valence electrons. The van der Waals surface area contributed by atoms with Crippen molar-refractivity contribution in [1.82, 2.24) is 20.1 Å². The zero-order chi connectivity index (χ0) is 13.2. The molecule has 0 amide bonds. The number of aliphatic hydroxyl groups excluding tert-OH is 1. The quantitative estimate of drug-likeness (QED) is 0.739. The second-order valence-corrected chi connectivity index (χ2v) is 4.53. The summed E-state index contributed by atoms with van der Waals surface area (Å²) in [4.78, 5) is 11.9. The fourth-order valence-electron chi connectivity index (χ4n) is 1.94. The largest absolute Gasteiger partial charge is 0.393 e. The molecule has 6 nitrogen and oxygen atoms in total. The minimum absolute atomic E-state index is 0.368. The molecular weight excluding hydrogens is 244 g/mol. The van der Waals surface area contributed by atoms with E-state index in [1.54, 1.807) is 6.92 Å². The molecule has 1 aromatic carbocycles. The van der Waals surface area contributed by atoms with E-state index in [0.717, 1.165) is 16.9 Å². The molecule has 0 bridgehead atoms. The summed E-state index contributed by atoms with van der Waals surface area (Å²) in [5, 5.41) is 13.1. The van der Waals surface area contributed by atoms with Crippen molar-refractivity contribution >= 4 is 11.0 Å². The Hall–Kier alpha value is -2.21. The summed E-state index contributed by atoms with van der Waals surface area (Å²) < 4.78 is 5.06. The molecule has 3 rings (SSSR count). The van der Waals surface area contributed by atoms with Crippen LogP contribution in [0.5, 0.6) is 0 Å². The van der Waals surface area contributed by atoms with Crippen LogP contribution in [0.2, 0.25) is 0 Å². The number of hydrogen-bond donors (Lipinski definition) is 2. The minimum atomic E-state index is -0.487. The highest BCUT2D eigenvalue weighted by Gasteiger charge is 2.11. The van der Waals surface area contributed by atoms with Crippen LogP contribution in [0.25, 0.3) is 11.0 Å². The summed E-state index contributed by atoms with van der Waals surface area (Å²) in [5.41, 5.74) is 1.91. The van der Waals surface area contributed by atoms with Crippen molar-refractivity contribution < 1.29 is 9.63 Å². The van der Waals surface area contributed by atoms with E-state index in [1.165, 1.54) is 0 Å². The molecule has 1 unspecified atom stereocenters. The van der Waals surface area contributed by atoms with E-state index in [2.05, 4.69) is 20.1 Å². The summed E-state index contributed by atoms with van der Waals surface area (Å²) in [7, 11) is 0. The van der Waals surface area contributed by atoms with Crippen LogP contribution in [0.15, 0.2) is 28.8 Å². The molecule has 6 heteroatoms. The van der Waals surface area contributed by atoms with E-state index in [9.17, 15) is 5.11 Å². The fourth-order valence-corrected chi connectivity index (χ4v) is 1.94. The van der Waals surface area contributed by atoms with E-state index < -0.39 is 6.10 Å². The van der Waals surface area contributed by atoms with Gasteiger partial charge in [0.05, 0.1) is 30.0 Å². The zero-order valence-electron chi connectivity index (χ0n) is 10.5. The zero-order valence-corrected chi connectivity index (χ0v) is 10.5. The van der Waals surface area contributed by atoms with Gasteiger partial charge >= 0.3 is 0 Å². The SMILES string of the molecule is CC(O)Cc1nc(Cc2nc3ccccc3[nH]2)no1. The summed E-state index contributed by atoms with van der Waals surface area (Å²) >= 11 is 0. The van der Waals surface area contributed by atoms with Crippen LogP contribution < -0.4 is 0 Å². The van der Waals surface area contributed by atoms with Crippen molar-refractivity contribution in [2.45, 2.75) is 25.9 Å². The Kier molecular flexibility index (Phi) is 3.00. The van der Waals surface area contributed by atoms with Crippen LogP contribution in [0, 0.1) is 0 Å². The Bertz CT molecular complexity index is 654. The molecule has 2 heterocycles. The second-order valence-electron chi connectivity index (χ2n) is 4.53. The topological polar surface area (TPSA) is 87.8 Å². The van der Waals surface area contributed by atoms with Gasteiger partial charge in [0.1, 0.15) is 5.82 Å². The van der Waals surface area contributed by atoms with Gasteiger partial charge in [-0.3, -0.25) is 0 Å². The van der Waals surface area contributed by atoms with Gasteiger partial charge < -0.3 is 14.6 Å². The predicted molar refractivity (Wildman–Crippen MR) is 68.6 cm³/mol. The molecule has 0 fully saturated rings. The smallest absolute Gasteiger partial charge is 0.229 e. The van der Waals surface area contributed by atoms with E-state index in [4.69, 9.17) is 4.52 Å². The van der Waals surface area contributed by atoms with Crippen molar-refractivity contribution in [1.29, 1.82) is 0 Å². The number of rotatable bonds is 4. The Labute approximate surface area is 109 Å². The lowest BCUT2D eigenvalue weighted by Gasteiger charge is -1.95. The highest BCUT2D eigenvalue weighted by Crippen LogP contribution is 2.12. The van der Waals surface area contributed by atoms with Crippen LogP contribution >= 0.6 is 0 Å². The maximum absolute atomic E-state index is 9.25. The van der Waals surface area contributed by atoms with Gasteiger partial charge in [0.25, 0.3) is 0 Å². The van der Waals surface area contributed by atoms with Gasteiger partial charge in [-0.1, -0.05) is 17.3 Å². The van der Waals surface area contributed by atoms with Gasteiger partial charge in [0.2, 0.25) is 5.89 Å². The molecule has 3 aromatic rings. The number of nitrogens with zero attached hydrogens (tertiary/aromatic N) is 3. The number of aliphatic hydroxyl groups is 1. The molecule has 0 saturated heterocycles. The van der Waals surface area contributed by atoms with Crippen LogP contribution in [0.3, 0.4) is 0 Å². The van der Waals surface area contributed by atoms with Crippen LogP contribution in [-0.4, -0.2) is 31.3 Å². The van der Waals surface area contributed by atoms with Crippen LogP contribution in [0.1, 0.15) is 24.5 Å². The Morgan fingerprint density at radius 1 is 1.32 bits per heavy atom. The van der Waals surface area contributed by atoms with E-state index in [-0.39, 0.29) is 0 Å². The maximum atomic E-state index is 9.25. The number of benzene rings is 1. The monoisotopic (exact) mass is 258 g/mol. The fraction of sp³-hybridized carbons (Fsp3) is 0.308. The summed E-state index contributed by atoms with van der Waals surface area (Å²) in [6, 6.07) is 7.83. The Morgan fingerprint density at radius 2 is 2.16 bits per heavy atom. The minimum Gasteiger partial charge on any atom is -0.393 e.